The molecule has 0 saturated carbocycles. The van der Waals surface area contributed by atoms with Crippen LogP contribution in [0.1, 0.15) is 12.0 Å². The summed E-state index contributed by atoms with van der Waals surface area (Å²) in [6.07, 6.45) is 2.01. The van der Waals surface area contributed by atoms with E-state index in [9.17, 15) is 4.79 Å². The molecule has 0 unspecified atom stereocenters. The maximum Gasteiger partial charge on any atom is 0.234 e. The van der Waals surface area contributed by atoms with Crippen LogP contribution in [0.3, 0.4) is 0 Å². The Morgan fingerprint density at radius 1 is 1.53 bits per heavy atom. The van der Waals surface area contributed by atoms with Gasteiger partial charge in [0, 0.05) is 6.54 Å². The summed E-state index contributed by atoms with van der Waals surface area (Å²) in [4.78, 5) is 15.1. The molecule has 1 aromatic heterocycles. The molecule has 5 heteroatoms. The van der Waals surface area contributed by atoms with Gasteiger partial charge in [0.2, 0.25) is 5.91 Å². The number of nitrogens with one attached hydrogen (secondary N) is 1. The first-order chi connectivity index (χ1) is 8.29. The molecule has 2 rings (SSSR count). The number of nitrogens with zero attached hydrogens (tertiary/aromatic N) is 2. The molecule has 0 bridgehead atoms. The zero-order valence-electron chi connectivity index (χ0n) is 9.14. The van der Waals surface area contributed by atoms with Crippen LogP contribution in [0.5, 0.6) is 0 Å². The van der Waals surface area contributed by atoms with Crippen molar-refractivity contribution >= 4 is 17.0 Å². The van der Waals surface area contributed by atoms with E-state index in [1.165, 1.54) is 6.39 Å². The van der Waals surface area contributed by atoms with E-state index >= 15 is 0 Å². The molecular weight excluding hydrogens is 218 g/mol. The number of benzene rings is 1. The van der Waals surface area contributed by atoms with Crippen LogP contribution < -0.4 is 5.32 Å². The highest BCUT2D eigenvalue weighted by Crippen LogP contribution is 2.14. The predicted octanol–water partition coefficient (Wildman–Crippen LogP) is 1.40. The minimum absolute atomic E-state index is 0.0961. The molecule has 1 heterocycles. The first-order valence-electron chi connectivity index (χ1n) is 5.25. The smallest absolute Gasteiger partial charge is 0.234 e. The van der Waals surface area contributed by atoms with E-state index in [0.29, 0.717) is 13.0 Å². The molecule has 2 aromatic rings. The lowest BCUT2D eigenvalue weighted by atomic mass is 10.1. The summed E-state index contributed by atoms with van der Waals surface area (Å²) < 4.78 is 5.18. The Morgan fingerprint density at radius 3 is 3.24 bits per heavy atom. The number of aromatic nitrogens is 1. The van der Waals surface area contributed by atoms with Crippen LogP contribution in [0, 0.1) is 11.3 Å². The van der Waals surface area contributed by atoms with Crippen molar-refractivity contribution in [2.45, 2.75) is 12.8 Å². The summed E-state index contributed by atoms with van der Waals surface area (Å²) in [5.74, 6) is -0.242. The van der Waals surface area contributed by atoms with Gasteiger partial charge in [-0.3, -0.25) is 4.79 Å². The van der Waals surface area contributed by atoms with Crippen LogP contribution in [0.15, 0.2) is 29.0 Å². The molecular formula is C12H11N3O2. The maximum atomic E-state index is 11.0. The van der Waals surface area contributed by atoms with Crippen LogP contribution in [0.2, 0.25) is 0 Å². The van der Waals surface area contributed by atoms with Crippen molar-refractivity contribution < 1.29 is 9.21 Å². The van der Waals surface area contributed by atoms with Crippen molar-refractivity contribution in [1.82, 2.24) is 10.3 Å². The van der Waals surface area contributed by atoms with Crippen molar-refractivity contribution in [1.29, 1.82) is 5.26 Å². The highest BCUT2D eigenvalue weighted by molar-refractivity contribution is 5.78. The molecule has 0 aliphatic heterocycles. The SMILES string of the molecule is N#CCC(=O)NCCc1ccc2ncoc2c1. The predicted molar refractivity (Wildman–Crippen MR) is 61.0 cm³/mol. The third-order valence-corrected chi connectivity index (χ3v) is 2.37. The minimum atomic E-state index is -0.242. The summed E-state index contributed by atoms with van der Waals surface area (Å²) in [7, 11) is 0. The first kappa shape index (κ1) is 11.1. The van der Waals surface area contributed by atoms with E-state index in [1.807, 2.05) is 18.2 Å². The molecule has 17 heavy (non-hydrogen) atoms. The Balaban J connectivity index is 1.90. The van der Waals surface area contributed by atoms with E-state index in [4.69, 9.17) is 9.68 Å². The number of oxazole rings is 1. The van der Waals surface area contributed by atoms with Crippen molar-refractivity contribution in [3.8, 4) is 6.07 Å². The summed E-state index contributed by atoms with van der Waals surface area (Å²) in [5, 5.41) is 11.0. The molecule has 86 valence electrons. The largest absolute Gasteiger partial charge is 0.443 e. The first-order valence-corrected chi connectivity index (χ1v) is 5.25. The average Bonchev–Trinajstić information content (AvgIpc) is 2.76. The molecule has 0 atom stereocenters. The second-order valence-corrected chi connectivity index (χ2v) is 3.59. The normalized spacial score (nSPS) is 10.1. The van der Waals surface area contributed by atoms with Gasteiger partial charge in [-0.25, -0.2) is 4.98 Å². The second kappa shape index (κ2) is 5.12. The highest BCUT2D eigenvalue weighted by Gasteiger charge is 2.02. The Morgan fingerprint density at radius 2 is 2.41 bits per heavy atom. The lowest BCUT2D eigenvalue weighted by Crippen LogP contribution is -2.24. The second-order valence-electron chi connectivity index (χ2n) is 3.59. The molecule has 1 amide bonds. The molecule has 0 aliphatic rings. The number of carbonyl (C=O) groups excluding carboxylic acids is 1. The van der Waals surface area contributed by atoms with Crippen molar-refractivity contribution in [3.05, 3.63) is 30.2 Å². The Hall–Kier alpha value is -2.35. The quantitative estimate of drug-likeness (QED) is 0.859. The van der Waals surface area contributed by atoms with Crippen molar-refractivity contribution in [3.63, 3.8) is 0 Å². The molecule has 0 saturated heterocycles. The Labute approximate surface area is 98.1 Å². The fourth-order valence-corrected chi connectivity index (χ4v) is 1.54. The summed E-state index contributed by atoms with van der Waals surface area (Å²) >= 11 is 0. The van der Waals surface area contributed by atoms with Gasteiger partial charge < -0.3 is 9.73 Å². The summed E-state index contributed by atoms with van der Waals surface area (Å²) in [6.45, 7) is 0.514. The van der Waals surface area contributed by atoms with Gasteiger partial charge in [-0.2, -0.15) is 5.26 Å². The molecule has 0 fully saturated rings. The topological polar surface area (TPSA) is 78.9 Å². The fraction of sp³-hybridized carbons (Fsp3) is 0.250. The minimum Gasteiger partial charge on any atom is -0.443 e. The van der Waals surface area contributed by atoms with Gasteiger partial charge >= 0.3 is 0 Å². The third kappa shape index (κ3) is 2.82. The van der Waals surface area contributed by atoms with Crippen LogP contribution in [0.25, 0.3) is 11.1 Å². The number of rotatable bonds is 4. The van der Waals surface area contributed by atoms with Gasteiger partial charge in [0.25, 0.3) is 0 Å². The zero-order valence-corrected chi connectivity index (χ0v) is 9.14. The number of carbonyl (C=O) groups is 1. The fourth-order valence-electron chi connectivity index (χ4n) is 1.54. The highest BCUT2D eigenvalue weighted by atomic mass is 16.3. The van der Waals surface area contributed by atoms with Crippen LogP contribution in [-0.4, -0.2) is 17.4 Å². The van der Waals surface area contributed by atoms with E-state index in [1.54, 1.807) is 6.07 Å². The number of nitriles is 1. The van der Waals surface area contributed by atoms with Gasteiger partial charge in [-0.15, -0.1) is 0 Å². The van der Waals surface area contributed by atoms with Gasteiger partial charge in [0.05, 0.1) is 6.07 Å². The maximum absolute atomic E-state index is 11.0. The average molecular weight is 229 g/mol. The van der Waals surface area contributed by atoms with Crippen molar-refractivity contribution in [2.75, 3.05) is 6.54 Å². The van der Waals surface area contributed by atoms with Crippen molar-refractivity contribution in [2.24, 2.45) is 0 Å². The number of hydrogen-bond donors (Lipinski definition) is 1. The van der Waals surface area contributed by atoms with E-state index < -0.39 is 0 Å². The Bertz CT molecular complexity index is 568. The van der Waals surface area contributed by atoms with Gasteiger partial charge in [0.1, 0.15) is 11.9 Å². The molecule has 0 spiro atoms. The van der Waals surface area contributed by atoms with E-state index in [2.05, 4.69) is 10.3 Å². The van der Waals surface area contributed by atoms with E-state index in [0.717, 1.165) is 16.7 Å². The standard InChI is InChI=1S/C12H11N3O2/c13-5-3-12(16)14-6-4-9-1-2-10-11(7-9)17-8-15-10/h1-2,7-8H,3-4,6H2,(H,14,16). The molecule has 5 nitrogen and oxygen atoms in total. The molecule has 0 aliphatic carbocycles. The van der Waals surface area contributed by atoms with Gasteiger partial charge in [-0.05, 0) is 24.1 Å². The number of fused-ring (bicyclic) bond motifs is 1. The monoisotopic (exact) mass is 229 g/mol. The lowest BCUT2D eigenvalue weighted by Gasteiger charge is -2.02. The lowest BCUT2D eigenvalue weighted by molar-refractivity contribution is -0.120. The number of amides is 1. The number of hydrogen-bond acceptors (Lipinski definition) is 4. The third-order valence-electron chi connectivity index (χ3n) is 2.37. The summed E-state index contributed by atoms with van der Waals surface area (Å²) in [6, 6.07) is 7.53. The Kier molecular flexibility index (Phi) is 3.36. The van der Waals surface area contributed by atoms with Crippen LogP contribution >= 0.6 is 0 Å². The summed E-state index contributed by atoms with van der Waals surface area (Å²) in [5.41, 5.74) is 2.62. The van der Waals surface area contributed by atoms with Gasteiger partial charge in [-0.1, -0.05) is 6.07 Å². The van der Waals surface area contributed by atoms with Crippen LogP contribution in [-0.2, 0) is 11.2 Å². The van der Waals surface area contributed by atoms with E-state index in [-0.39, 0.29) is 12.3 Å². The molecule has 1 aromatic carbocycles. The van der Waals surface area contributed by atoms with Crippen LogP contribution in [0.4, 0.5) is 0 Å². The van der Waals surface area contributed by atoms with Gasteiger partial charge in [0.15, 0.2) is 12.0 Å². The molecule has 0 radical (unpaired) electrons. The zero-order chi connectivity index (χ0) is 12.1. The molecule has 1 N–H and O–H groups in total.